The number of rotatable bonds is 2. The van der Waals surface area contributed by atoms with Crippen LogP contribution in [0.2, 0.25) is 0 Å². The van der Waals surface area contributed by atoms with E-state index in [1.165, 1.54) is 0 Å². The Kier molecular flexibility index (Phi) is 4.10. The zero-order valence-corrected chi connectivity index (χ0v) is 13.2. The van der Waals surface area contributed by atoms with E-state index in [9.17, 15) is 9.59 Å². The molecule has 1 aromatic rings. The van der Waals surface area contributed by atoms with E-state index >= 15 is 0 Å². The Hall–Kier alpha value is -1.63. The maximum absolute atomic E-state index is 12.4. The summed E-state index contributed by atoms with van der Waals surface area (Å²) in [6.07, 6.45) is 3.30. The van der Waals surface area contributed by atoms with Crippen LogP contribution in [0.5, 0.6) is 0 Å². The number of nitrogens with one attached hydrogen (secondary N) is 1. The molecule has 21 heavy (non-hydrogen) atoms. The van der Waals surface area contributed by atoms with Gasteiger partial charge in [-0.05, 0) is 40.9 Å². The number of likely N-dealkylation sites (tertiary alicyclic amines) is 1. The molecular formula is C14H17BrN4O2. The third-order valence-corrected chi connectivity index (χ3v) is 4.49. The van der Waals surface area contributed by atoms with Gasteiger partial charge in [0, 0.05) is 44.0 Å². The lowest BCUT2D eigenvalue weighted by molar-refractivity contribution is 0.0666. The van der Waals surface area contributed by atoms with E-state index in [1.807, 2.05) is 9.80 Å². The highest BCUT2D eigenvalue weighted by molar-refractivity contribution is 9.10. The molecular weight excluding hydrogens is 336 g/mol. The fraction of sp³-hybridized carbons (Fsp3) is 0.500. The molecule has 112 valence electrons. The minimum atomic E-state index is 0.0258. The van der Waals surface area contributed by atoms with Crippen molar-refractivity contribution < 1.29 is 9.59 Å². The second-order valence-electron chi connectivity index (χ2n) is 5.32. The number of piperidine rings is 1. The average Bonchev–Trinajstić information content (AvgIpc) is 2.93. The van der Waals surface area contributed by atoms with Gasteiger partial charge in [-0.15, -0.1) is 0 Å². The zero-order valence-electron chi connectivity index (χ0n) is 11.6. The molecule has 6 nitrogen and oxygen atoms in total. The van der Waals surface area contributed by atoms with Crippen LogP contribution < -0.4 is 5.32 Å². The molecule has 3 heterocycles. The third kappa shape index (κ3) is 3.02. The number of carbonyl (C=O) groups excluding carboxylic acids is 2. The topological polar surface area (TPSA) is 65.5 Å². The number of carbonyl (C=O) groups is 2. The van der Waals surface area contributed by atoms with E-state index in [2.05, 4.69) is 26.2 Å². The number of pyridine rings is 1. The van der Waals surface area contributed by atoms with Gasteiger partial charge in [0.2, 0.25) is 0 Å². The number of amides is 3. The van der Waals surface area contributed by atoms with Crippen molar-refractivity contribution >= 4 is 27.9 Å². The number of hydrogen-bond donors (Lipinski definition) is 1. The molecule has 0 atom stereocenters. The van der Waals surface area contributed by atoms with Crippen LogP contribution in [0.3, 0.4) is 0 Å². The molecule has 0 radical (unpaired) electrons. The van der Waals surface area contributed by atoms with E-state index in [4.69, 9.17) is 0 Å². The Morgan fingerprint density at radius 2 is 2.10 bits per heavy atom. The fourth-order valence-corrected chi connectivity index (χ4v) is 3.30. The highest BCUT2D eigenvalue weighted by Crippen LogP contribution is 2.20. The summed E-state index contributed by atoms with van der Waals surface area (Å²) in [5.41, 5.74) is 0.647. The minimum absolute atomic E-state index is 0.0258. The van der Waals surface area contributed by atoms with Crippen LogP contribution in [0.1, 0.15) is 23.2 Å². The lowest BCUT2D eigenvalue weighted by Crippen LogP contribution is -2.47. The lowest BCUT2D eigenvalue weighted by Gasteiger charge is -2.36. The Labute approximate surface area is 131 Å². The predicted molar refractivity (Wildman–Crippen MR) is 81.0 cm³/mol. The second kappa shape index (κ2) is 6.01. The summed E-state index contributed by atoms with van der Waals surface area (Å²) in [7, 11) is 0. The first-order valence-corrected chi connectivity index (χ1v) is 7.90. The van der Waals surface area contributed by atoms with Crippen molar-refractivity contribution in [1.29, 1.82) is 0 Å². The molecule has 2 aliphatic heterocycles. The van der Waals surface area contributed by atoms with Crippen LogP contribution in [-0.2, 0) is 0 Å². The van der Waals surface area contributed by atoms with Gasteiger partial charge in [0.15, 0.2) is 0 Å². The first-order valence-electron chi connectivity index (χ1n) is 7.10. The van der Waals surface area contributed by atoms with Gasteiger partial charge in [0.25, 0.3) is 5.91 Å². The van der Waals surface area contributed by atoms with Crippen molar-refractivity contribution in [1.82, 2.24) is 20.1 Å². The number of urea groups is 1. The van der Waals surface area contributed by atoms with E-state index < -0.39 is 0 Å². The average molecular weight is 353 g/mol. The van der Waals surface area contributed by atoms with Crippen LogP contribution in [0.4, 0.5) is 4.79 Å². The van der Waals surface area contributed by atoms with Crippen LogP contribution in [0, 0.1) is 0 Å². The highest BCUT2D eigenvalue weighted by atomic mass is 79.9. The monoisotopic (exact) mass is 352 g/mol. The number of hydrogen-bond acceptors (Lipinski definition) is 3. The summed E-state index contributed by atoms with van der Waals surface area (Å²) < 4.78 is 0.664. The molecule has 1 aromatic heterocycles. The maximum Gasteiger partial charge on any atom is 0.317 e. The molecule has 2 fully saturated rings. The molecule has 0 unspecified atom stereocenters. The van der Waals surface area contributed by atoms with Gasteiger partial charge in [-0.25, -0.2) is 9.78 Å². The Morgan fingerprint density at radius 1 is 1.33 bits per heavy atom. The molecule has 7 heteroatoms. The van der Waals surface area contributed by atoms with Gasteiger partial charge in [0.05, 0.1) is 0 Å². The van der Waals surface area contributed by atoms with Crippen molar-refractivity contribution in [2.75, 3.05) is 26.2 Å². The fourth-order valence-electron chi connectivity index (χ4n) is 2.93. The largest absolute Gasteiger partial charge is 0.338 e. The molecule has 0 aliphatic carbocycles. The first kappa shape index (κ1) is 14.3. The first-order chi connectivity index (χ1) is 10.1. The van der Waals surface area contributed by atoms with Crippen molar-refractivity contribution in [3.05, 3.63) is 28.5 Å². The van der Waals surface area contributed by atoms with Gasteiger partial charge in [0.1, 0.15) is 4.60 Å². The molecule has 3 rings (SSSR count). The van der Waals surface area contributed by atoms with Crippen molar-refractivity contribution in [2.45, 2.75) is 18.9 Å². The Bertz CT molecular complexity index is 558. The molecule has 0 saturated carbocycles. The lowest BCUT2D eigenvalue weighted by atomic mass is 10.0. The summed E-state index contributed by atoms with van der Waals surface area (Å²) in [4.78, 5) is 31.9. The summed E-state index contributed by atoms with van der Waals surface area (Å²) in [6, 6.07) is 3.74. The van der Waals surface area contributed by atoms with Crippen molar-refractivity contribution in [2.24, 2.45) is 0 Å². The Balaban J connectivity index is 1.60. The van der Waals surface area contributed by atoms with Crippen molar-refractivity contribution in [3.8, 4) is 0 Å². The molecule has 1 N–H and O–H groups in total. The SMILES string of the molecule is O=C(c1ccnc(Br)c1)N1CCC(N2CCNC2=O)CC1. The van der Waals surface area contributed by atoms with Gasteiger partial charge in [-0.3, -0.25) is 4.79 Å². The normalized spacial score (nSPS) is 19.8. The van der Waals surface area contributed by atoms with Gasteiger partial charge >= 0.3 is 6.03 Å². The smallest absolute Gasteiger partial charge is 0.317 e. The molecule has 0 bridgehead atoms. The molecule has 2 aliphatic rings. The van der Waals surface area contributed by atoms with E-state index in [-0.39, 0.29) is 18.0 Å². The van der Waals surface area contributed by atoms with Gasteiger partial charge < -0.3 is 15.1 Å². The van der Waals surface area contributed by atoms with Crippen molar-refractivity contribution in [3.63, 3.8) is 0 Å². The van der Waals surface area contributed by atoms with Crippen LogP contribution in [-0.4, -0.2) is 58.9 Å². The highest BCUT2D eigenvalue weighted by Gasteiger charge is 2.32. The molecule has 2 saturated heterocycles. The number of aromatic nitrogens is 1. The minimum Gasteiger partial charge on any atom is -0.338 e. The summed E-state index contributed by atoms with van der Waals surface area (Å²) in [5.74, 6) is 0.0300. The molecule has 3 amide bonds. The quantitative estimate of drug-likeness (QED) is 0.819. The standard InChI is InChI=1S/C14H17BrN4O2/c15-12-9-10(1-4-16-12)13(20)18-6-2-11(3-7-18)19-8-5-17-14(19)21/h1,4,9,11H,2-3,5-8H2,(H,17,21). The summed E-state index contributed by atoms with van der Waals surface area (Å²) in [6.45, 7) is 2.87. The van der Waals surface area contributed by atoms with E-state index in [0.29, 0.717) is 23.3 Å². The third-order valence-electron chi connectivity index (χ3n) is 4.06. The van der Waals surface area contributed by atoms with E-state index in [1.54, 1.807) is 18.3 Å². The molecule has 0 spiro atoms. The molecule has 0 aromatic carbocycles. The maximum atomic E-state index is 12.4. The van der Waals surface area contributed by atoms with Gasteiger partial charge in [-0.1, -0.05) is 0 Å². The summed E-state index contributed by atoms with van der Waals surface area (Å²) in [5, 5.41) is 2.83. The van der Waals surface area contributed by atoms with Crippen LogP contribution in [0.15, 0.2) is 22.9 Å². The number of halogens is 1. The van der Waals surface area contributed by atoms with Crippen LogP contribution >= 0.6 is 15.9 Å². The Morgan fingerprint density at radius 3 is 2.71 bits per heavy atom. The predicted octanol–water partition coefficient (Wildman–Crippen LogP) is 1.47. The summed E-state index contributed by atoms with van der Waals surface area (Å²) >= 11 is 3.28. The van der Waals surface area contributed by atoms with Gasteiger partial charge in [-0.2, -0.15) is 0 Å². The zero-order chi connectivity index (χ0) is 14.8. The second-order valence-corrected chi connectivity index (χ2v) is 6.13. The van der Waals surface area contributed by atoms with E-state index in [0.717, 1.165) is 25.9 Å². The van der Waals surface area contributed by atoms with Crippen LogP contribution in [0.25, 0.3) is 0 Å². The number of nitrogens with zero attached hydrogens (tertiary/aromatic N) is 3.